The van der Waals surface area contributed by atoms with Gasteiger partial charge in [-0.15, -0.1) is 0 Å². The van der Waals surface area contributed by atoms with Crippen molar-refractivity contribution >= 4 is 17.0 Å². The van der Waals surface area contributed by atoms with E-state index in [4.69, 9.17) is 14.7 Å². The molecule has 5 nitrogen and oxygen atoms in total. The maximum atomic E-state index is 14.4. The first-order chi connectivity index (χ1) is 21.7. The molecule has 5 aromatic carbocycles. The summed E-state index contributed by atoms with van der Waals surface area (Å²) in [6, 6.07) is 47.8. The maximum absolute atomic E-state index is 14.4. The lowest BCUT2D eigenvalue weighted by Gasteiger charge is -2.39. The first kappa shape index (κ1) is 25.4. The molecule has 0 unspecified atom stereocenters. The van der Waals surface area contributed by atoms with Crippen LogP contribution in [0.25, 0.3) is 22.3 Å². The standard InChI is InChI=1S/C39H29N3O2/c1-44-36(43)33-37(26-17-7-3-8-18-26)34(25-15-5-2-6-16-25)42-39(38(33,37)27-19-9-4-10-20-27)29-22-12-11-21-28(29)32-35(39)41-31-24-14-13-23-30(31)40-32/h2-24,33-34,42H,1H3/t33-,34-,37+,38+,39-/m1/s1. The number of fused-ring (bicyclic) bond motifs is 8. The van der Waals surface area contributed by atoms with Crippen molar-refractivity contribution in [2.75, 3.05) is 7.11 Å². The van der Waals surface area contributed by atoms with Gasteiger partial charge in [0, 0.05) is 17.0 Å². The fourth-order valence-electron chi connectivity index (χ4n) is 9.07. The van der Waals surface area contributed by atoms with Crippen molar-refractivity contribution in [2.24, 2.45) is 5.92 Å². The number of aromatic nitrogens is 2. The van der Waals surface area contributed by atoms with Gasteiger partial charge in [0.05, 0.1) is 40.9 Å². The lowest BCUT2D eigenvalue weighted by Crippen LogP contribution is -2.51. The summed E-state index contributed by atoms with van der Waals surface area (Å²) >= 11 is 0. The van der Waals surface area contributed by atoms with Gasteiger partial charge in [0.2, 0.25) is 0 Å². The minimum Gasteiger partial charge on any atom is -0.469 e. The first-order valence-electron chi connectivity index (χ1n) is 15.1. The average Bonchev–Trinajstić information content (AvgIpc) is 3.54. The van der Waals surface area contributed by atoms with Crippen molar-refractivity contribution in [2.45, 2.75) is 22.4 Å². The van der Waals surface area contributed by atoms with Crippen LogP contribution in [-0.4, -0.2) is 23.0 Å². The third kappa shape index (κ3) is 2.81. The van der Waals surface area contributed by atoms with Crippen molar-refractivity contribution in [3.63, 3.8) is 0 Å². The molecule has 1 aromatic heterocycles. The van der Waals surface area contributed by atoms with Gasteiger partial charge in [-0.1, -0.05) is 127 Å². The number of carbonyl (C=O) groups is 1. The number of ether oxygens (including phenoxy) is 1. The number of nitrogens with zero attached hydrogens (tertiary/aromatic N) is 2. The number of piperidine rings is 1. The summed E-state index contributed by atoms with van der Waals surface area (Å²) in [7, 11) is 1.51. The fourth-order valence-corrected chi connectivity index (χ4v) is 9.07. The Morgan fingerprint density at radius 2 is 1.25 bits per heavy atom. The Morgan fingerprint density at radius 1 is 0.682 bits per heavy atom. The molecule has 44 heavy (non-hydrogen) atoms. The Morgan fingerprint density at radius 3 is 1.93 bits per heavy atom. The second-order valence-corrected chi connectivity index (χ2v) is 12.1. The highest BCUT2D eigenvalue weighted by atomic mass is 16.5. The maximum Gasteiger partial charge on any atom is 0.310 e. The number of hydrogen-bond acceptors (Lipinski definition) is 5. The van der Waals surface area contributed by atoms with Gasteiger partial charge >= 0.3 is 5.97 Å². The molecule has 1 saturated heterocycles. The Bertz CT molecular complexity index is 2080. The minimum absolute atomic E-state index is 0.223. The number of para-hydroxylation sites is 2. The summed E-state index contributed by atoms with van der Waals surface area (Å²) in [5.74, 6) is -0.734. The molecule has 1 saturated carbocycles. The SMILES string of the molecule is COC(=O)[C@@H]1[C@@]2(c3ccccc3)[C@@H](c3ccccc3)N[C@@]3(c4ccccc4-c4nc5ccccc5nc43)[C@@]12c1ccccc1. The zero-order valence-corrected chi connectivity index (χ0v) is 24.1. The molecule has 1 aliphatic heterocycles. The highest BCUT2D eigenvalue weighted by molar-refractivity contribution is 5.93. The van der Waals surface area contributed by atoms with Crippen molar-refractivity contribution in [3.05, 3.63) is 167 Å². The van der Waals surface area contributed by atoms with Gasteiger partial charge in [0.15, 0.2) is 0 Å². The molecule has 0 bridgehead atoms. The molecule has 2 aliphatic carbocycles. The van der Waals surface area contributed by atoms with Crippen LogP contribution in [-0.2, 0) is 25.9 Å². The third-order valence-electron chi connectivity index (χ3n) is 10.4. The fraction of sp³-hybridized carbons (Fsp3) is 0.154. The van der Waals surface area contributed by atoms with Crippen molar-refractivity contribution in [1.29, 1.82) is 0 Å². The summed E-state index contributed by atoms with van der Waals surface area (Å²) in [5, 5.41) is 4.24. The molecule has 2 fully saturated rings. The smallest absolute Gasteiger partial charge is 0.310 e. The van der Waals surface area contributed by atoms with Gasteiger partial charge in [0.25, 0.3) is 0 Å². The quantitative estimate of drug-likeness (QED) is 0.234. The van der Waals surface area contributed by atoms with Crippen LogP contribution in [0.5, 0.6) is 0 Å². The van der Waals surface area contributed by atoms with Crippen LogP contribution in [0.1, 0.15) is 34.0 Å². The van der Waals surface area contributed by atoms with Crippen molar-refractivity contribution < 1.29 is 9.53 Å². The molecule has 2 heterocycles. The molecule has 1 spiro atoms. The molecular formula is C39H29N3O2. The topological polar surface area (TPSA) is 64.1 Å². The zero-order valence-electron chi connectivity index (χ0n) is 24.1. The predicted molar refractivity (Wildman–Crippen MR) is 170 cm³/mol. The van der Waals surface area contributed by atoms with Gasteiger partial charge in [-0.25, -0.2) is 9.97 Å². The van der Waals surface area contributed by atoms with Crippen LogP contribution in [0.15, 0.2) is 140 Å². The normalized spacial score (nSPS) is 27.5. The van der Waals surface area contributed by atoms with E-state index in [1.54, 1.807) is 0 Å². The average molecular weight is 572 g/mol. The van der Waals surface area contributed by atoms with Gasteiger partial charge in [0.1, 0.15) is 5.54 Å². The highest BCUT2D eigenvalue weighted by Crippen LogP contribution is 2.86. The molecule has 5 heteroatoms. The Hall–Kier alpha value is -5.13. The Balaban J connectivity index is 1.50. The van der Waals surface area contributed by atoms with Gasteiger partial charge in [-0.2, -0.15) is 0 Å². The number of nitrogens with one attached hydrogen (secondary N) is 1. The van der Waals surface area contributed by atoms with Crippen LogP contribution >= 0.6 is 0 Å². The number of carbonyl (C=O) groups excluding carboxylic acids is 1. The molecule has 5 atom stereocenters. The van der Waals surface area contributed by atoms with Crippen LogP contribution in [0.4, 0.5) is 0 Å². The number of hydrogen-bond donors (Lipinski definition) is 1. The van der Waals surface area contributed by atoms with Crippen LogP contribution < -0.4 is 5.32 Å². The van der Waals surface area contributed by atoms with E-state index in [-0.39, 0.29) is 12.0 Å². The van der Waals surface area contributed by atoms with E-state index in [2.05, 4.69) is 102 Å². The Kier molecular flexibility index (Phi) is 5.16. The first-order valence-corrected chi connectivity index (χ1v) is 15.1. The molecule has 9 rings (SSSR count). The Labute approximate surface area is 255 Å². The van der Waals surface area contributed by atoms with Gasteiger partial charge in [-0.05, 0) is 34.4 Å². The van der Waals surface area contributed by atoms with E-state index < -0.39 is 22.3 Å². The lowest BCUT2D eigenvalue weighted by molar-refractivity contribution is -0.143. The molecule has 3 aliphatic rings. The predicted octanol–water partition coefficient (Wildman–Crippen LogP) is 6.88. The second-order valence-electron chi connectivity index (χ2n) is 12.1. The molecule has 0 radical (unpaired) electrons. The number of esters is 1. The van der Waals surface area contributed by atoms with Crippen molar-refractivity contribution in [3.8, 4) is 11.3 Å². The van der Waals surface area contributed by atoms with Gasteiger partial charge < -0.3 is 4.74 Å². The molecule has 212 valence electrons. The van der Waals surface area contributed by atoms with E-state index in [1.165, 1.54) is 7.11 Å². The number of benzene rings is 5. The van der Waals surface area contributed by atoms with Gasteiger partial charge in [-0.3, -0.25) is 10.1 Å². The largest absolute Gasteiger partial charge is 0.469 e. The van der Waals surface area contributed by atoms with Crippen LogP contribution in [0, 0.1) is 5.92 Å². The molecule has 6 aromatic rings. The summed E-state index contributed by atoms with van der Waals surface area (Å²) in [4.78, 5) is 25.1. The number of methoxy groups -OCH3 is 1. The highest BCUT2D eigenvalue weighted by Gasteiger charge is 2.94. The number of rotatable bonds is 4. The second kappa shape index (κ2) is 8.94. The van der Waals surface area contributed by atoms with Crippen LogP contribution in [0.3, 0.4) is 0 Å². The van der Waals surface area contributed by atoms with E-state index in [1.807, 2.05) is 42.5 Å². The van der Waals surface area contributed by atoms with E-state index >= 15 is 0 Å². The molecule has 1 N–H and O–H groups in total. The zero-order chi connectivity index (χ0) is 29.5. The monoisotopic (exact) mass is 571 g/mol. The molecule has 0 amide bonds. The lowest BCUT2D eigenvalue weighted by atomic mass is 9.68. The minimum atomic E-state index is -0.896. The van der Waals surface area contributed by atoms with Crippen LogP contribution in [0.2, 0.25) is 0 Å². The molecular weight excluding hydrogens is 542 g/mol. The summed E-state index contributed by atoms with van der Waals surface area (Å²) < 4.78 is 5.73. The summed E-state index contributed by atoms with van der Waals surface area (Å²) in [6.45, 7) is 0. The van der Waals surface area contributed by atoms with E-state index in [0.29, 0.717) is 0 Å². The third-order valence-corrected chi connectivity index (χ3v) is 10.4. The van der Waals surface area contributed by atoms with E-state index in [9.17, 15) is 4.79 Å². The summed E-state index contributed by atoms with van der Waals surface area (Å²) in [6.07, 6.45) is 0. The summed E-state index contributed by atoms with van der Waals surface area (Å²) in [5.41, 5.74) is 6.38. The van der Waals surface area contributed by atoms with Crippen molar-refractivity contribution in [1.82, 2.24) is 15.3 Å². The van der Waals surface area contributed by atoms with E-state index in [0.717, 1.165) is 50.2 Å².